The maximum absolute atomic E-state index is 12.8. The van der Waals surface area contributed by atoms with E-state index in [2.05, 4.69) is 21.2 Å². The van der Waals surface area contributed by atoms with Crippen molar-refractivity contribution >= 4 is 27.6 Å². The van der Waals surface area contributed by atoms with Crippen LogP contribution in [0.3, 0.4) is 0 Å². The third kappa shape index (κ3) is 1.85. The maximum atomic E-state index is 12.8. The number of rotatable bonds is 1. The third-order valence-corrected chi connectivity index (χ3v) is 4.54. The summed E-state index contributed by atoms with van der Waals surface area (Å²) >= 11 is 3.35. The average Bonchev–Trinajstić information content (AvgIpc) is 2.72. The van der Waals surface area contributed by atoms with Crippen LogP contribution in [0.1, 0.15) is 19.4 Å². The number of hydrogen-bond donors (Lipinski definition) is 2. The number of nitriles is 1. The summed E-state index contributed by atoms with van der Waals surface area (Å²) in [5.41, 5.74) is 5.26. The second-order valence-electron chi connectivity index (χ2n) is 5.35. The zero-order valence-electron chi connectivity index (χ0n) is 12.4. The molecule has 0 aromatic heterocycles. The summed E-state index contributed by atoms with van der Waals surface area (Å²) in [6.07, 6.45) is 0. The molecule has 0 saturated heterocycles. The van der Waals surface area contributed by atoms with Crippen LogP contribution < -0.4 is 15.8 Å². The molecule has 1 amide bonds. The molecule has 1 atom stereocenters. The summed E-state index contributed by atoms with van der Waals surface area (Å²) in [4.78, 5) is 25.1. The zero-order chi connectivity index (χ0) is 16.9. The van der Waals surface area contributed by atoms with Crippen molar-refractivity contribution in [2.45, 2.75) is 19.3 Å². The van der Waals surface area contributed by atoms with Gasteiger partial charge >= 0.3 is 0 Å². The number of benzene rings is 1. The van der Waals surface area contributed by atoms with Crippen LogP contribution in [0.4, 0.5) is 0 Å². The van der Waals surface area contributed by atoms with E-state index in [4.69, 9.17) is 10.5 Å². The van der Waals surface area contributed by atoms with E-state index in [9.17, 15) is 14.9 Å². The Kier molecular flexibility index (Phi) is 3.30. The molecule has 0 radical (unpaired) electrons. The van der Waals surface area contributed by atoms with Crippen LogP contribution in [0.25, 0.3) is 0 Å². The Labute approximate surface area is 140 Å². The van der Waals surface area contributed by atoms with Crippen molar-refractivity contribution < 1.29 is 14.3 Å². The molecule has 0 unspecified atom stereocenters. The summed E-state index contributed by atoms with van der Waals surface area (Å²) in [5.74, 6) is -0.629. The molecule has 1 aromatic carbocycles. The summed E-state index contributed by atoms with van der Waals surface area (Å²) < 4.78 is 6.18. The van der Waals surface area contributed by atoms with Crippen molar-refractivity contribution in [2.75, 3.05) is 0 Å². The smallest absolute Gasteiger partial charge is 0.245 e. The first-order valence-corrected chi connectivity index (χ1v) is 7.55. The number of halogens is 1. The van der Waals surface area contributed by atoms with Crippen molar-refractivity contribution in [3.63, 3.8) is 0 Å². The van der Waals surface area contributed by atoms with Gasteiger partial charge in [0.25, 0.3) is 0 Å². The number of nitrogens with zero attached hydrogens (tertiary/aromatic N) is 1. The predicted molar refractivity (Wildman–Crippen MR) is 84.8 cm³/mol. The average molecular weight is 374 g/mol. The van der Waals surface area contributed by atoms with Crippen LogP contribution in [0.5, 0.6) is 5.75 Å². The molecule has 0 saturated carbocycles. The van der Waals surface area contributed by atoms with Gasteiger partial charge in [-0.25, -0.2) is 0 Å². The van der Waals surface area contributed by atoms with Crippen LogP contribution in [0.15, 0.2) is 45.4 Å². The lowest BCUT2D eigenvalue weighted by molar-refractivity contribution is -0.124. The Morgan fingerprint density at radius 1 is 1.48 bits per heavy atom. The van der Waals surface area contributed by atoms with Crippen molar-refractivity contribution in [3.8, 4) is 11.8 Å². The number of carbonyl (C=O) groups excluding carboxylic acids is 2. The van der Waals surface area contributed by atoms with Crippen LogP contribution >= 0.6 is 15.9 Å². The fourth-order valence-electron chi connectivity index (χ4n) is 3.26. The topological polar surface area (TPSA) is 105 Å². The Hall–Kier alpha value is -2.59. The molecule has 23 heavy (non-hydrogen) atoms. The summed E-state index contributed by atoms with van der Waals surface area (Å²) in [6.45, 7) is 2.99. The molecule has 3 rings (SSSR count). The number of allylic oxidation sites excluding steroid dienone is 1. The SMILES string of the molecule is CC(=O)C1=C(C)NC(=O)[C@]12C(C#N)=C(N)Oc1ccc(Br)cc12. The van der Waals surface area contributed by atoms with Gasteiger partial charge in [-0.2, -0.15) is 5.26 Å². The molecule has 0 fully saturated rings. The van der Waals surface area contributed by atoms with E-state index in [-0.39, 0.29) is 22.8 Å². The normalized spacial score (nSPS) is 22.6. The molecule has 1 spiro atoms. The second-order valence-corrected chi connectivity index (χ2v) is 6.27. The van der Waals surface area contributed by atoms with Crippen LogP contribution in [-0.2, 0) is 15.0 Å². The van der Waals surface area contributed by atoms with E-state index in [1.54, 1.807) is 25.1 Å². The van der Waals surface area contributed by atoms with E-state index in [1.807, 2.05) is 6.07 Å². The number of nitrogens with two attached hydrogens (primary N) is 1. The van der Waals surface area contributed by atoms with E-state index >= 15 is 0 Å². The first-order valence-electron chi connectivity index (χ1n) is 6.76. The highest BCUT2D eigenvalue weighted by Gasteiger charge is 2.58. The van der Waals surface area contributed by atoms with E-state index < -0.39 is 11.3 Å². The summed E-state index contributed by atoms with van der Waals surface area (Å²) in [5, 5.41) is 12.3. The first kappa shape index (κ1) is 15.3. The molecule has 6 nitrogen and oxygen atoms in total. The second kappa shape index (κ2) is 4.96. The number of ketones is 1. The summed E-state index contributed by atoms with van der Waals surface area (Å²) in [6, 6.07) is 6.99. The van der Waals surface area contributed by atoms with Gasteiger partial charge in [0, 0.05) is 21.3 Å². The number of ether oxygens (including phenoxy) is 1. The molecule has 3 N–H and O–H groups in total. The number of Topliss-reactive ketones (excluding diaryl/α,β-unsaturated/α-hetero) is 1. The van der Waals surface area contributed by atoms with Gasteiger partial charge in [-0.1, -0.05) is 15.9 Å². The van der Waals surface area contributed by atoms with Gasteiger partial charge in [0.2, 0.25) is 11.8 Å². The van der Waals surface area contributed by atoms with E-state index in [0.29, 0.717) is 21.5 Å². The largest absolute Gasteiger partial charge is 0.440 e. The number of nitrogens with one attached hydrogen (secondary N) is 1. The third-order valence-electron chi connectivity index (χ3n) is 4.04. The standard InChI is InChI=1S/C16H12BrN3O3/c1-7-13(8(2)21)16(15(22)20-7)10-5-9(17)3-4-12(10)23-14(19)11(16)6-18/h3-5H,19H2,1-2H3,(H,20,22)/t16-/m1/s1. The summed E-state index contributed by atoms with van der Waals surface area (Å²) in [7, 11) is 0. The minimum atomic E-state index is -1.58. The Morgan fingerprint density at radius 2 is 2.17 bits per heavy atom. The van der Waals surface area contributed by atoms with Crippen LogP contribution in [0.2, 0.25) is 0 Å². The fourth-order valence-corrected chi connectivity index (χ4v) is 3.62. The lowest BCUT2D eigenvalue weighted by Crippen LogP contribution is -2.45. The quantitative estimate of drug-likeness (QED) is 0.780. The first-order chi connectivity index (χ1) is 10.8. The highest BCUT2D eigenvalue weighted by atomic mass is 79.9. The van der Waals surface area contributed by atoms with Crippen molar-refractivity contribution in [3.05, 3.63) is 51.0 Å². The Morgan fingerprint density at radius 3 is 2.78 bits per heavy atom. The van der Waals surface area contributed by atoms with Crippen molar-refractivity contribution in [1.29, 1.82) is 5.26 Å². The van der Waals surface area contributed by atoms with Gasteiger partial charge in [-0.15, -0.1) is 0 Å². The lowest BCUT2D eigenvalue weighted by Gasteiger charge is -2.34. The molecule has 116 valence electrons. The molecule has 0 aliphatic carbocycles. The lowest BCUT2D eigenvalue weighted by atomic mass is 9.67. The molecule has 7 heteroatoms. The number of fused-ring (bicyclic) bond motifs is 2. The van der Waals surface area contributed by atoms with Gasteiger partial charge in [0.05, 0.1) is 0 Å². The molecular formula is C16H12BrN3O3. The van der Waals surface area contributed by atoms with Gasteiger partial charge in [-0.3, -0.25) is 9.59 Å². The van der Waals surface area contributed by atoms with Gasteiger partial charge in [0.1, 0.15) is 22.8 Å². The molecule has 0 bridgehead atoms. The molecule has 2 aliphatic rings. The Balaban J connectivity index is 2.49. The number of hydrogen-bond acceptors (Lipinski definition) is 5. The molecule has 2 heterocycles. The van der Waals surface area contributed by atoms with Gasteiger partial charge in [0.15, 0.2) is 5.78 Å². The molecule has 2 aliphatic heterocycles. The monoisotopic (exact) mass is 373 g/mol. The minimum absolute atomic E-state index is 0.0809. The predicted octanol–water partition coefficient (Wildman–Crippen LogP) is 1.77. The number of amides is 1. The van der Waals surface area contributed by atoms with Gasteiger partial charge < -0.3 is 15.8 Å². The van der Waals surface area contributed by atoms with E-state index in [1.165, 1.54) is 6.92 Å². The molecular weight excluding hydrogens is 362 g/mol. The van der Waals surface area contributed by atoms with Crippen LogP contribution in [-0.4, -0.2) is 11.7 Å². The zero-order valence-corrected chi connectivity index (χ0v) is 13.9. The van der Waals surface area contributed by atoms with Crippen molar-refractivity contribution in [1.82, 2.24) is 5.32 Å². The highest BCUT2D eigenvalue weighted by molar-refractivity contribution is 9.10. The maximum Gasteiger partial charge on any atom is 0.245 e. The van der Waals surface area contributed by atoms with Crippen LogP contribution in [0, 0.1) is 11.3 Å². The Bertz CT molecular complexity index is 879. The molecule has 1 aromatic rings. The van der Waals surface area contributed by atoms with Gasteiger partial charge in [-0.05, 0) is 32.0 Å². The highest BCUT2D eigenvalue weighted by Crippen LogP contribution is 2.51. The van der Waals surface area contributed by atoms with Crippen molar-refractivity contribution in [2.24, 2.45) is 5.73 Å². The van der Waals surface area contributed by atoms with E-state index in [0.717, 1.165) is 0 Å². The fraction of sp³-hybridized carbons (Fsp3) is 0.188. The minimum Gasteiger partial charge on any atom is -0.440 e. The number of carbonyl (C=O) groups is 2.